The zero-order valence-corrected chi connectivity index (χ0v) is 17.3. The average molecular weight is 431 g/mol. The molecule has 1 atom stereocenters. The fourth-order valence-corrected chi connectivity index (χ4v) is 3.78. The van der Waals surface area contributed by atoms with Gasteiger partial charge >= 0.3 is 0 Å². The Labute approximate surface area is 178 Å². The lowest BCUT2D eigenvalue weighted by Crippen LogP contribution is -2.36. The zero-order chi connectivity index (χ0) is 20.4. The number of amides is 1. The maximum absolute atomic E-state index is 13.0. The number of aromatic nitrogens is 2. The molecule has 1 amide bonds. The van der Waals surface area contributed by atoms with E-state index in [1.54, 1.807) is 22.9 Å². The molecule has 1 unspecified atom stereocenters. The number of nitrogens with zero attached hydrogens (tertiary/aromatic N) is 2. The molecule has 1 fully saturated rings. The quantitative estimate of drug-likeness (QED) is 0.642. The van der Waals surface area contributed by atoms with Gasteiger partial charge in [-0.25, -0.2) is 4.68 Å². The summed E-state index contributed by atoms with van der Waals surface area (Å²) in [5, 5.41) is 12.0. The maximum atomic E-state index is 13.0. The van der Waals surface area contributed by atoms with Crippen LogP contribution in [0.3, 0.4) is 0 Å². The zero-order valence-electron chi connectivity index (χ0n) is 15.8. The van der Waals surface area contributed by atoms with Gasteiger partial charge in [-0.2, -0.15) is 5.10 Å². The van der Waals surface area contributed by atoms with Crippen molar-refractivity contribution < 1.29 is 9.53 Å². The van der Waals surface area contributed by atoms with E-state index < -0.39 is 0 Å². The fraction of sp³-hybridized carbons (Fsp3) is 0.238. The van der Waals surface area contributed by atoms with E-state index in [-0.39, 0.29) is 17.6 Å². The summed E-state index contributed by atoms with van der Waals surface area (Å²) < 4.78 is 7.30. The summed E-state index contributed by atoms with van der Waals surface area (Å²) in [6.45, 7) is 1.62. The molecule has 2 heterocycles. The van der Waals surface area contributed by atoms with E-state index in [1.165, 1.54) is 7.11 Å². The molecule has 1 aromatic heterocycles. The number of benzene rings is 2. The molecule has 2 N–H and O–H groups in total. The van der Waals surface area contributed by atoms with Gasteiger partial charge in [0.2, 0.25) is 0 Å². The van der Waals surface area contributed by atoms with Crippen LogP contribution in [0.5, 0.6) is 5.75 Å². The van der Waals surface area contributed by atoms with Gasteiger partial charge in [0.25, 0.3) is 5.91 Å². The SMILES string of the molecule is COc1c(C(=O)NC2CCNC2)nn(-c2ccccc2Cl)c1-c1ccc(Cl)cc1. The third kappa shape index (κ3) is 3.96. The number of para-hydroxylation sites is 1. The van der Waals surface area contributed by atoms with Crippen LogP contribution in [-0.2, 0) is 0 Å². The number of rotatable bonds is 5. The van der Waals surface area contributed by atoms with Crippen LogP contribution < -0.4 is 15.4 Å². The third-order valence-electron chi connectivity index (χ3n) is 4.85. The number of ether oxygens (including phenoxy) is 1. The molecule has 4 rings (SSSR count). The Kier molecular flexibility index (Phi) is 5.76. The summed E-state index contributed by atoms with van der Waals surface area (Å²) in [5.41, 5.74) is 2.30. The summed E-state index contributed by atoms with van der Waals surface area (Å²) in [5.74, 6) is 0.104. The Hall–Kier alpha value is -2.54. The van der Waals surface area contributed by atoms with Crippen molar-refractivity contribution in [3.8, 4) is 22.7 Å². The summed E-state index contributed by atoms with van der Waals surface area (Å²) in [7, 11) is 1.53. The van der Waals surface area contributed by atoms with Crippen LogP contribution in [0.1, 0.15) is 16.9 Å². The molecule has 29 heavy (non-hydrogen) atoms. The first-order chi connectivity index (χ1) is 14.1. The highest BCUT2D eigenvalue weighted by atomic mass is 35.5. The Bertz CT molecular complexity index is 1030. The fourth-order valence-electron chi connectivity index (χ4n) is 3.44. The van der Waals surface area contributed by atoms with Crippen LogP contribution in [0.2, 0.25) is 10.0 Å². The molecule has 0 radical (unpaired) electrons. The monoisotopic (exact) mass is 430 g/mol. The number of carbonyl (C=O) groups excluding carboxylic acids is 1. The van der Waals surface area contributed by atoms with E-state index in [4.69, 9.17) is 27.9 Å². The predicted molar refractivity (Wildman–Crippen MR) is 114 cm³/mol. The first kappa shape index (κ1) is 19.8. The lowest BCUT2D eigenvalue weighted by Gasteiger charge is -2.11. The standard InChI is InChI=1S/C21H20Cl2N4O2/c1-29-20-18(21(28)25-15-10-11-24-12-15)26-27(17-5-3-2-4-16(17)23)19(20)13-6-8-14(22)9-7-13/h2-9,15,24H,10-12H2,1H3,(H,25,28). The van der Waals surface area contributed by atoms with Gasteiger partial charge in [-0.3, -0.25) is 4.79 Å². The molecular formula is C21H20Cl2N4O2. The topological polar surface area (TPSA) is 68.2 Å². The van der Waals surface area contributed by atoms with Crippen molar-refractivity contribution in [2.45, 2.75) is 12.5 Å². The van der Waals surface area contributed by atoms with Crippen LogP contribution in [0.4, 0.5) is 0 Å². The molecule has 8 heteroatoms. The van der Waals surface area contributed by atoms with Crippen molar-refractivity contribution >= 4 is 29.1 Å². The number of carbonyl (C=O) groups is 1. The molecule has 1 aliphatic heterocycles. The second-order valence-electron chi connectivity index (χ2n) is 6.76. The first-order valence-corrected chi connectivity index (χ1v) is 10.0. The Morgan fingerprint density at radius 2 is 1.97 bits per heavy atom. The van der Waals surface area contributed by atoms with Gasteiger partial charge in [0.05, 0.1) is 17.8 Å². The van der Waals surface area contributed by atoms with Gasteiger partial charge in [-0.05, 0) is 37.2 Å². The van der Waals surface area contributed by atoms with Crippen molar-refractivity contribution in [1.82, 2.24) is 20.4 Å². The number of hydrogen-bond acceptors (Lipinski definition) is 4. The van der Waals surface area contributed by atoms with Crippen molar-refractivity contribution in [2.24, 2.45) is 0 Å². The molecule has 6 nitrogen and oxygen atoms in total. The van der Waals surface area contributed by atoms with E-state index >= 15 is 0 Å². The van der Waals surface area contributed by atoms with Crippen molar-refractivity contribution in [1.29, 1.82) is 0 Å². The third-order valence-corrected chi connectivity index (χ3v) is 5.43. The Morgan fingerprint density at radius 3 is 2.62 bits per heavy atom. The lowest BCUT2D eigenvalue weighted by molar-refractivity contribution is 0.0931. The molecule has 0 spiro atoms. The highest BCUT2D eigenvalue weighted by Gasteiger charge is 2.28. The molecule has 0 bridgehead atoms. The lowest BCUT2D eigenvalue weighted by atomic mass is 10.1. The molecule has 1 aliphatic rings. The van der Waals surface area contributed by atoms with Crippen molar-refractivity contribution in [2.75, 3.05) is 20.2 Å². The van der Waals surface area contributed by atoms with Crippen LogP contribution in [0, 0.1) is 0 Å². The molecule has 0 aliphatic carbocycles. The van der Waals surface area contributed by atoms with Crippen molar-refractivity contribution in [3.05, 3.63) is 64.3 Å². The van der Waals surface area contributed by atoms with Crippen LogP contribution in [0.15, 0.2) is 48.5 Å². The van der Waals surface area contributed by atoms with Gasteiger partial charge in [0.1, 0.15) is 5.69 Å². The minimum atomic E-state index is -0.281. The summed E-state index contributed by atoms with van der Waals surface area (Å²) in [4.78, 5) is 13.0. The minimum Gasteiger partial charge on any atom is -0.492 e. The molecule has 150 valence electrons. The van der Waals surface area contributed by atoms with E-state index in [2.05, 4.69) is 15.7 Å². The maximum Gasteiger partial charge on any atom is 0.275 e. The smallest absolute Gasteiger partial charge is 0.275 e. The van der Waals surface area contributed by atoms with Crippen molar-refractivity contribution in [3.63, 3.8) is 0 Å². The van der Waals surface area contributed by atoms with E-state index in [1.807, 2.05) is 30.3 Å². The van der Waals surface area contributed by atoms with Gasteiger partial charge in [0, 0.05) is 23.2 Å². The Morgan fingerprint density at radius 1 is 1.21 bits per heavy atom. The van der Waals surface area contributed by atoms with E-state index in [0.717, 1.165) is 25.1 Å². The van der Waals surface area contributed by atoms with Gasteiger partial charge in [-0.1, -0.05) is 47.5 Å². The predicted octanol–water partition coefficient (Wildman–Crippen LogP) is 3.95. The molecule has 1 saturated heterocycles. The van der Waals surface area contributed by atoms with Crippen LogP contribution in [-0.4, -0.2) is 41.9 Å². The molecule has 2 aromatic carbocycles. The number of hydrogen-bond donors (Lipinski definition) is 2. The largest absolute Gasteiger partial charge is 0.492 e. The first-order valence-electron chi connectivity index (χ1n) is 9.28. The highest BCUT2D eigenvalue weighted by Crippen LogP contribution is 2.37. The van der Waals surface area contributed by atoms with Gasteiger partial charge < -0.3 is 15.4 Å². The molecular weight excluding hydrogens is 411 g/mol. The van der Waals surface area contributed by atoms with Crippen LogP contribution in [0.25, 0.3) is 16.9 Å². The number of halogens is 2. The normalized spacial score (nSPS) is 16.0. The molecule has 0 saturated carbocycles. The van der Waals surface area contributed by atoms with E-state index in [0.29, 0.717) is 27.2 Å². The summed E-state index contributed by atoms with van der Waals surface area (Å²) in [6, 6.07) is 14.7. The highest BCUT2D eigenvalue weighted by molar-refractivity contribution is 6.32. The summed E-state index contributed by atoms with van der Waals surface area (Å²) in [6.07, 6.45) is 0.878. The second-order valence-corrected chi connectivity index (χ2v) is 7.61. The Balaban J connectivity index is 1.86. The van der Waals surface area contributed by atoms with E-state index in [9.17, 15) is 4.79 Å². The van der Waals surface area contributed by atoms with Gasteiger partial charge in [0.15, 0.2) is 11.4 Å². The molecule has 3 aromatic rings. The summed E-state index contributed by atoms with van der Waals surface area (Å²) >= 11 is 12.5. The van der Waals surface area contributed by atoms with Gasteiger partial charge in [-0.15, -0.1) is 0 Å². The number of nitrogens with one attached hydrogen (secondary N) is 2. The minimum absolute atomic E-state index is 0.0663. The second kappa shape index (κ2) is 8.45. The average Bonchev–Trinajstić information content (AvgIpc) is 3.36. The number of methoxy groups -OCH3 is 1. The van der Waals surface area contributed by atoms with Crippen LogP contribution >= 0.6 is 23.2 Å².